The lowest BCUT2D eigenvalue weighted by atomic mass is 9.77. The molecule has 1 aliphatic heterocycles. The van der Waals surface area contributed by atoms with Crippen LogP contribution in [0.5, 0.6) is 11.5 Å². The minimum Gasteiger partial charge on any atom is -0.504 e. The molecule has 21 heavy (non-hydrogen) atoms. The van der Waals surface area contributed by atoms with Crippen LogP contribution in [0.25, 0.3) is 11.1 Å². The predicted molar refractivity (Wildman–Crippen MR) is 85.2 cm³/mol. The van der Waals surface area contributed by atoms with Gasteiger partial charge in [-0.3, -0.25) is 4.90 Å². The quantitative estimate of drug-likeness (QED) is 0.734. The van der Waals surface area contributed by atoms with Crippen molar-refractivity contribution in [2.45, 2.75) is 18.9 Å². The number of halogens is 1. The molecule has 1 heterocycles. The zero-order valence-electron chi connectivity index (χ0n) is 11.8. The van der Waals surface area contributed by atoms with E-state index in [1.54, 1.807) is 6.07 Å². The summed E-state index contributed by atoms with van der Waals surface area (Å²) in [6, 6.07) is 10.2. The number of phenolic OH excluding ortho intramolecular Hbond substituents is 2. The Kier molecular flexibility index (Phi) is 3.34. The van der Waals surface area contributed by atoms with Gasteiger partial charge in [0.15, 0.2) is 11.5 Å². The van der Waals surface area contributed by atoms with Crippen LogP contribution in [0.4, 0.5) is 0 Å². The number of likely N-dealkylation sites (N-methyl/N-ethyl adjacent to an activating group) is 1. The Morgan fingerprint density at radius 2 is 1.90 bits per heavy atom. The standard InChI is InChI=1S/C17H17NO2.ClH/c1-18-8-7-10-3-2-4-12-15(10)13(18)9-11-5-6-14(19)17(20)16(11)12;/h2-6,13,19-20H,7-9H2,1H3;1H. The normalized spacial score (nSPS) is 19.4. The maximum Gasteiger partial charge on any atom is 0.165 e. The molecule has 1 atom stereocenters. The number of fused-ring (bicyclic) bond motifs is 2. The van der Waals surface area contributed by atoms with Gasteiger partial charge in [0.1, 0.15) is 0 Å². The van der Waals surface area contributed by atoms with Gasteiger partial charge in [0.25, 0.3) is 0 Å². The van der Waals surface area contributed by atoms with E-state index in [1.807, 2.05) is 6.07 Å². The molecule has 0 fully saturated rings. The average molecular weight is 304 g/mol. The van der Waals surface area contributed by atoms with Crippen LogP contribution in [-0.4, -0.2) is 28.7 Å². The Bertz CT molecular complexity index is 714. The van der Waals surface area contributed by atoms with Gasteiger partial charge in [-0.25, -0.2) is 0 Å². The first-order chi connectivity index (χ1) is 9.66. The van der Waals surface area contributed by atoms with Crippen molar-refractivity contribution in [3.05, 3.63) is 47.0 Å². The van der Waals surface area contributed by atoms with Gasteiger partial charge in [-0.2, -0.15) is 0 Å². The summed E-state index contributed by atoms with van der Waals surface area (Å²) in [4.78, 5) is 2.39. The van der Waals surface area contributed by atoms with Crippen LogP contribution in [-0.2, 0) is 12.8 Å². The lowest BCUT2D eigenvalue weighted by Gasteiger charge is -2.39. The van der Waals surface area contributed by atoms with Crippen LogP contribution in [0.15, 0.2) is 30.3 Å². The summed E-state index contributed by atoms with van der Waals surface area (Å²) in [5.74, 6) is -0.0217. The van der Waals surface area contributed by atoms with Crippen molar-refractivity contribution in [2.75, 3.05) is 13.6 Å². The molecular weight excluding hydrogens is 286 g/mol. The number of aromatic hydroxyl groups is 2. The monoisotopic (exact) mass is 303 g/mol. The number of phenols is 2. The number of rotatable bonds is 0. The van der Waals surface area contributed by atoms with E-state index in [0.29, 0.717) is 6.04 Å². The second-order valence-electron chi connectivity index (χ2n) is 5.80. The van der Waals surface area contributed by atoms with Gasteiger partial charge in [0.2, 0.25) is 0 Å². The van der Waals surface area contributed by atoms with Crippen LogP contribution >= 0.6 is 12.4 Å². The molecule has 0 amide bonds. The zero-order chi connectivity index (χ0) is 13.9. The fourth-order valence-electron chi connectivity index (χ4n) is 3.67. The highest BCUT2D eigenvalue weighted by Gasteiger charge is 2.33. The van der Waals surface area contributed by atoms with Crippen LogP contribution < -0.4 is 0 Å². The maximum absolute atomic E-state index is 10.3. The van der Waals surface area contributed by atoms with Gasteiger partial charge in [-0.15, -0.1) is 12.4 Å². The van der Waals surface area contributed by atoms with E-state index in [2.05, 4.69) is 30.1 Å². The number of nitrogens with zero attached hydrogens (tertiary/aromatic N) is 1. The third kappa shape index (κ3) is 1.92. The Hall–Kier alpha value is -1.71. The molecule has 2 N–H and O–H groups in total. The van der Waals surface area contributed by atoms with E-state index in [0.717, 1.165) is 36.1 Å². The molecule has 4 rings (SSSR count). The Balaban J connectivity index is 0.00000132. The van der Waals surface area contributed by atoms with E-state index in [-0.39, 0.29) is 23.9 Å². The van der Waals surface area contributed by atoms with Crippen LogP contribution in [0.1, 0.15) is 22.7 Å². The summed E-state index contributed by atoms with van der Waals surface area (Å²) in [6.45, 7) is 1.07. The zero-order valence-corrected chi connectivity index (χ0v) is 12.7. The summed E-state index contributed by atoms with van der Waals surface area (Å²) in [6.07, 6.45) is 1.94. The number of hydrogen-bond donors (Lipinski definition) is 2. The number of hydrogen-bond acceptors (Lipinski definition) is 3. The summed E-state index contributed by atoms with van der Waals surface area (Å²) in [7, 11) is 2.16. The fourth-order valence-corrected chi connectivity index (χ4v) is 3.67. The maximum atomic E-state index is 10.3. The lowest BCUT2D eigenvalue weighted by molar-refractivity contribution is 0.228. The molecule has 0 radical (unpaired) electrons. The predicted octanol–water partition coefficient (Wildman–Crippen LogP) is 3.27. The topological polar surface area (TPSA) is 43.7 Å². The van der Waals surface area contributed by atoms with Gasteiger partial charge >= 0.3 is 0 Å². The molecule has 2 aromatic rings. The molecule has 0 saturated heterocycles. The summed E-state index contributed by atoms with van der Waals surface area (Å²) >= 11 is 0. The van der Waals surface area contributed by atoms with Crippen molar-refractivity contribution in [2.24, 2.45) is 0 Å². The highest BCUT2D eigenvalue weighted by atomic mass is 35.5. The number of benzene rings is 2. The first-order valence-corrected chi connectivity index (χ1v) is 7.03. The molecule has 3 nitrogen and oxygen atoms in total. The van der Waals surface area contributed by atoms with Crippen molar-refractivity contribution in [3.63, 3.8) is 0 Å². The molecule has 0 aromatic heterocycles. The summed E-state index contributed by atoms with van der Waals surface area (Å²) < 4.78 is 0. The highest BCUT2D eigenvalue weighted by molar-refractivity contribution is 5.85. The van der Waals surface area contributed by atoms with Crippen LogP contribution in [0.2, 0.25) is 0 Å². The van der Waals surface area contributed by atoms with E-state index >= 15 is 0 Å². The van der Waals surface area contributed by atoms with E-state index in [4.69, 9.17) is 0 Å². The van der Waals surface area contributed by atoms with Gasteiger partial charge in [-0.05, 0) is 48.2 Å². The molecule has 110 valence electrons. The van der Waals surface area contributed by atoms with Crippen LogP contribution in [0.3, 0.4) is 0 Å². The Morgan fingerprint density at radius 1 is 1.10 bits per heavy atom. The molecule has 1 unspecified atom stereocenters. The molecule has 2 aliphatic rings. The Labute approximate surface area is 130 Å². The van der Waals surface area contributed by atoms with E-state index < -0.39 is 0 Å². The van der Waals surface area contributed by atoms with Crippen molar-refractivity contribution in [1.29, 1.82) is 0 Å². The van der Waals surface area contributed by atoms with Gasteiger partial charge in [0.05, 0.1) is 0 Å². The van der Waals surface area contributed by atoms with Gasteiger partial charge < -0.3 is 10.2 Å². The first-order valence-electron chi connectivity index (χ1n) is 7.03. The summed E-state index contributed by atoms with van der Waals surface area (Å²) in [5, 5.41) is 20.1. The largest absolute Gasteiger partial charge is 0.504 e. The molecular formula is C17H18ClNO2. The van der Waals surface area contributed by atoms with Crippen molar-refractivity contribution >= 4 is 12.4 Å². The lowest BCUT2D eigenvalue weighted by Crippen LogP contribution is -2.35. The van der Waals surface area contributed by atoms with Crippen LogP contribution in [0, 0.1) is 0 Å². The third-order valence-electron chi connectivity index (χ3n) is 4.72. The fraction of sp³-hybridized carbons (Fsp3) is 0.294. The third-order valence-corrected chi connectivity index (χ3v) is 4.72. The molecule has 0 bridgehead atoms. The van der Waals surface area contributed by atoms with E-state index in [9.17, 15) is 10.2 Å². The second kappa shape index (κ2) is 4.93. The minimum atomic E-state index is -0.0380. The molecule has 0 saturated carbocycles. The molecule has 1 aliphatic carbocycles. The average Bonchev–Trinajstić information content (AvgIpc) is 2.46. The van der Waals surface area contributed by atoms with Gasteiger partial charge in [-0.1, -0.05) is 24.3 Å². The van der Waals surface area contributed by atoms with E-state index in [1.165, 1.54) is 11.1 Å². The van der Waals surface area contributed by atoms with Crippen molar-refractivity contribution in [1.82, 2.24) is 4.90 Å². The van der Waals surface area contributed by atoms with Gasteiger partial charge in [0, 0.05) is 18.2 Å². The molecule has 0 spiro atoms. The molecule has 2 aromatic carbocycles. The summed E-state index contributed by atoms with van der Waals surface area (Å²) in [5.41, 5.74) is 5.71. The Morgan fingerprint density at radius 3 is 2.71 bits per heavy atom. The minimum absolute atomic E-state index is 0. The molecule has 4 heteroatoms. The van der Waals surface area contributed by atoms with Crippen molar-refractivity contribution in [3.8, 4) is 22.6 Å². The first kappa shape index (κ1) is 14.2. The SMILES string of the molecule is CN1CCc2cccc3c2C1Cc1ccc(O)c(O)c1-3.Cl. The second-order valence-corrected chi connectivity index (χ2v) is 5.80. The van der Waals surface area contributed by atoms with Crippen molar-refractivity contribution < 1.29 is 10.2 Å². The smallest absolute Gasteiger partial charge is 0.165 e. The highest BCUT2D eigenvalue weighted by Crippen LogP contribution is 2.49.